The molecule has 0 radical (unpaired) electrons. The van der Waals surface area contributed by atoms with Crippen LogP contribution in [-0.2, 0) is 6.42 Å². The van der Waals surface area contributed by atoms with Gasteiger partial charge in [0.05, 0.1) is 0 Å². The van der Waals surface area contributed by atoms with Gasteiger partial charge in [0, 0.05) is 16.5 Å². The highest BCUT2D eigenvalue weighted by Gasteiger charge is 2.15. The average molecular weight is 256 g/mol. The fraction of sp³-hybridized carbons (Fsp3) is 0.538. The Kier molecular flexibility index (Phi) is 5.43. The molecule has 2 nitrogen and oxygen atoms in total. The topological polar surface area (TPSA) is 38.0 Å². The molecule has 0 amide bonds. The predicted molar refractivity (Wildman–Crippen MR) is 73.4 cm³/mol. The van der Waals surface area contributed by atoms with Gasteiger partial charge in [-0.05, 0) is 24.1 Å². The molecule has 0 bridgehead atoms. The zero-order valence-electron chi connectivity index (χ0n) is 10.7. The summed E-state index contributed by atoms with van der Waals surface area (Å²) in [6.45, 7) is 6.55. The Labute approximate surface area is 107 Å². The Balaban J connectivity index is 2.49. The van der Waals surface area contributed by atoms with E-state index in [2.05, 4.69) is 26.2 Å². The minimum atomic E-state index is -0.199. The third-order valence-electron chi connectivity index (χ3n) is 2.35. The van der Waals surface area contributed by atoms with Gasteiger partial charge >= 0.3 is 0 Å². The van der Waals surface area contributed by atoms with E-state index < -0.39 is 0 Å². The second-order valence-corrected chi connectivity index (χ2v) is 6.96. The first-order chi connectivity index (χ1) is 7.90. The first kappa shape index (κ1) is 14.5. The third kappa shape index (κ3) is 6.05. The number of nitrogens with one attached hydrogen (secondary N) is 1. The molecule has 0 fully saturated rings. The van der Waals surface area contributed by atoms with Crippen LogP contribution in [0.25, 0.3) is 0 Å². The van der Waals surface area contributed by atoms with E-state index in [4.69, 9.17) is 5.84 Å². The largest absolute Gasteiger partial charge is 0.271 e. The summed E-state index contributed by atoms with van der Waals surface area (Å²) in [5.41, 5.74) is 3.92. The molecule has 0 aromatic heterocycles. The van der Waals surface area contributed by atoms with Crippen molar-refractivity contribution in [3.8, 4) is 0 Å². The maximum atomic E-state index is 12.8. The van der Waals surface area contributed by atoms with Crippen molar-refractivity contribution >= 4 is 11.8 Å². The quantitative estimate of drug-likeness (QED) is 0.628. The second-order valence-electron chi connectivity index (χ2n) is 5.12. The van der Waals surface area contributed by atoms with Crippen molar-refractivity contribution in [3.05, 3.63) is 35.6 Å². The van der Waals surface area contributed by atoms with E-state index >= 15 is 0 Å². The molecule has 0 aliphatic heterocycles. The average Bonchev–Trinajstić information content (AvgIpc) is 2.25. The molecule has 1 aromatic carbocycles. The lowest BCUT2D eigenvalue weighted by molar-refractivity contribution is 0.571. The Bertz CT molecular complexity index is 332. The number of rotatable bonds is 5. The summed E-state index contributed by atoms with van der Waals surface area (Å²) in [5.74, 6) is 6.29. The summed E-state index contributed by atoms with van der Waals surface area (Å²) in [7, 11) is 0. The number of hydrazine groups is 1. The molecule has 1 atom stereocenters. The van der Waals surface area contributed by atoms with E-state index in [-0.39, 0.29) is 16.6 Å². The molecule has 3 N–H and O–H groups in total. The van der Waals surface area contributed by atoms with Crippen LogP contribution >= 0.6 is 11.8 Å². The first-order valence-electron chi connectivity index (χ1n) is 5.75. The molecule has 1 aromatic rings. The predicted octanol–water partition coefficient (Wildman–Crippen LogP) is 2.73. The van der Waals surface area contributed by atoms with Crippen LogP contribution in [0.5, 0.6) is 0 Å². The summed E-state index contributed by atoms with van der Waals surface area (Å²) >= 11 is 1.87. The molecular weight excluding hydrogens is 235 g/mol. The number of hydrogen-bond donors (Lipinski definition) is 2. The molecule has 0 aliphatic rings. The van der Waals surface area contributed by atoms with Crippen LogP contribution in [0.4, 0.5) is 4.39 Å². The Morgan fingerprint density at radius 2 is 1.88 bits per heavy atom. The highest BCUT2D eigenvalue weighted by molar-refractivity contribution is 8.00. The van der Waals surface area contributed by atoms with Gasteiger partial charge in [-0.25, -0.2) is 4.39 Å². The van der Waals surface area contributed by atoms with Crippen molar-refractivity contribution in [1.29, 1.82) is 0 Å². The number of nitrogens with two attached hydrogens (primary N) is 1. The Morgan fingerprint density at radius 1 is 1.29 bits per heavy atom. The zero-order valence-corrected chi connectivity index (χ0v) is 11.5. The molecule has 0 saturated heterocycles. The smallest absolute Gasteiger partial charge is 0.123 e. The molecule has 0 heterocycles. The van der Waals surface area contributed by atoms with E-state index in [0.717, 1.165) is 17.7 Å². The van der Waals surface area contributed by atoms with Crippen molar-refractivity contribution < 1.29 is 4.39 Å². The molecule has 1 rings (SSSR count). The number of benzene rings is 1. The van der Waals surface area contributed by atoms with Crippen LogP contribution in [0.3, 0.4) is 0 Å². The normalized spacial score (nSPS) is 13.7. The van der Waals surface area contributed by atoms with Gasteiger partial charge in [-0.1, -0.05) is 32.9 Å². The van der Waals surface area contributed by atoms with Crippen molar-refractivity contribution in [2.24, 2.45) is 5.84 Å². The molecular formula is C13H21FN2S. The minimum Gasteiger partial charge on any atom is -0.271 e. The SMILES string of the molecule is CC(C)(C)SCC(Cc1ccc(F)cc1)NN. The van der Waals surface area contributed by atoms with Gasteiger partial charge in [0.15, 0.2) is 0 Å². The van der Waals surface area contributed by atoms with Crippen molar-refractivity contribution in [2.75, 3.05) is 5.75 Å². The third-order valence-corrected chi connectivity index (χ3v) is 3.78. The van der Waals surface area contributed by atoms with Gasteiger partial charge in [-0.2, -0.15) is 11.8 Å². The van der Waals surface area contributed by atoms with E-state index in [9.17, 15) is 4.39 Å². The fourth-order valence-electron chi connectivity index (χ4n) is 1.42. The monoisotopic (exact) mass is 256 g/mol. The minimum absolute atomic E-state index is 0.199. The van der Waals surface area contributed by atoms with Gasteiger partial charge in [-0.15, -0.1) is 0 Å². The summed E-state index contributed by atoms with van der Waals surface area (Å²) < 4.78 is 13.0. The highest BCUT2D eigenvalue weighted by atomic mass is 32.2. The highest BCUT2D eigenvalue weighted by Crippen LogP contribution is 2.24. The Morgan fingerprint density at radius 3 is 2.35 bits per heavy atom. The second kappa shape index (κ2) is 6.38. The van der Waals surface area contributed by atoms with E-state index in [1.165, 1.54) is 12.1 Å². The zero-order chi connectivity index (χ0) is 12.9. The summed E-state index contributed by atoms with van der Waals surface area (Å²) in [5, 5.41) is 0. The molecule has 0 aliphatic carbocycles. The van der Waals surface area contributed by atoms with Gasteiger partial charge in [0.25, 0.3) is 0 Å². The van der Waals surface area contributed by atoms with Crippen LogP contribution in [0.2, 0.25) is 0 Å². The lowest BCUT2D eigenvalue weighted by atomic mass is 10.1. The van der Waals surface area contributed by atoms with Crippen LogP contribution in [0, 0.1) is 5.82 Å². The molecule has 96 valence electrons. The molecule has 17 heavy (non-hydrogen) atoms. The molecule has 4 heteroatoms. The van der Waals surface area contributed by atoms with E-state index in [1.54, 1.807) is 12.1 Å². The van der Waals surface area contributed by atoms with Crippen molar-refractivity contribution in [3.63, 3.8) is 0 Å². The maximum absolute atomic E-state index is 12.8. The maximum Gasteiger partial charge on any atom is 0.123 e. The number of hydrogen-bond acceptors (Lipinski definition) is 3. The van der Waals surface area contributed by atoms with Crippen molar-refractivity contribution in [1.82, 2.24) is 5.43 Å². The van der Waals surface area contributed by atoms with Gasteiger partial charge in [0.2, 0.25) is 0 Å². The fourth-order valence-corrected chi connectivity index (χ4v) is 2.34. The number of halogens is 1. The lowest BCUT2D eigenvalue weighted by Gasteiger charge is -2.22. The van der Waals surface area contributed by atoms with Crippen molar-refractivity contribution in [2.45, 2.75) is 38.0 Å². The summed E-state index contributed by atoms with van der Waals surface area (Å²) in [6, 6.07) is 6.80. The van der Waals surface area contributed by atoms with Crippen LogP contribution in [-0.4, -0.2) is 16.5 Å². The lowest BCUT2D eigenvalue weighted by Crippen LogP contribution is -2.39. The standard InChI is InChI=1S/C13H21FN2S/c1-13(2,3)17-9-12(16-15)8-10-4-6-11(14)7-5-10/h4-7,12,16H,8-9,15H2,1-3H3. The molecule has 1 unspecified atom stereocenters. The first-order valence-corrected chi connectivity index (χ1v) is 6.74. The van der Waals surface area contributed by atoms with Gasteiger partial charge < -0.3 is 0 Å². The summed E-state index contributed by atoms with van der Waals surface area (Å²) in [4.78, 5) is 0. The Hall–Kier alpha value is -0.580. The van der Waals surface area contributed by atoms with Crippen LogP contribution in [0.15, 0.2) is 24.3 Å². The van der Waals surface area contributed by atoms with Crippen LogP contribution < -0.4 is 11.3 Å². The van der Waals surface area contributed by atoms with Gasteiger partial charge in [-0.3, -0.25) is 11.3 Å². The van der Waals surface area contributed by atoms with Gasteiger partial charge in [0.1, 0.15) is 5.82 Å². The van der Waals surface area contributed by atoms with E-state index in [1.807, 2.05) is 11.8 Å². The molecule has 0 spiro atoms. The van der Waals surface area contributed by atoms with E-state index in [0.29, 0.717) is 0 Å². The number of thioether (sulfide) groups is 1. The molecule has 0 saturated carbocycles. The summed E-state index contributed by atoms with van der Waals surface area (Å²) in [6.07, 6.45) is 0.819. The van der Waals surface area contributed by atoms with Crippen LogP contribution in [0.1, 0.15) is 26.3 Å².